The highest BCUT2D eigenvalue weighted by atomic mass is 16.5. The van der Waals surface area contributed by atoms with Crippen LogP contribution >= 0.6 is 0 Å². The Kier molecular flexibility index (Phi) is 5.21. The molecule has 8 nitrogen and oxygen atoms in total. The van der Waals surface area contributed by atoms with Gasteiger partial charge in [-0.3, -0.25) is 9.48 Å². The van der Waals surface area contributed by atoms with E-state index in [1.165, 1.54) is 12.8 Å². The van der Waals surface area contributed by atoms with Crippen LogP contribution in [0.15, 0.2) is 12.3 Å². The van der Waals surface area contributed by atoms with Crippen LogP contribution in [-0.2, 0) is 11.3 Å². The first kappa shape index (κ1) is 19.8. The molecule has 1 saturated carbocycles. The van der Waals surface area contributed by atoms with Crippen molar-refractivity contribution in [1.82, 2.24) is 24.5 Å². The molecule has 8 heteroatoms. The number of aryl methyl sites for hydroxylation is 1. The minimum atomic E-state index is -0.0814. The number of nitrogens with zero attached hydrogens (tertiary/aromatic N) is 5. The van der Waals surface area contributed by atoms with Crippen molar-refractivity contribution in [1.29, 1.82) is 0 Å². The number of hydrogen-bond donors (Lipinski definition) is 0. The average Bonchev–Trinajstić information content (AvgIpc) is 3.39. The van der Waals surface area contributed by atoms with Gasteiger partial charge in [0.1, 0.15) is 5.69 Å². The van der Waals surface area contributed by atoms with Crippen LogP contribution in [0.4, 0.5) is 4.79 Å². The van der Waals surface area contributed by atoms with Gasteiger partial charge in [0, 0.05) is 58.2 Å². The number of hydrogen-bond acceptors (Lipinski definition) is 4. The zero-order valence-electron chi connectivity index (χ0n) is 18.0. The van der Waals surface area contributed by atoms with Crippen molar-refractivity contribution in [3.05, 3.63) is 18.0 Å². The van der Waals surface area contributed by atoms with Gasteiger partial charge in [-0.1, -0.05) is 0 Å². The summed E-state index contributed by atoms with van der Waals surface area (Å²) in [5, 5.41) is 4.23. The zero-order valence-corrected chi connectivity index (χ0v) is 18.0. The molecule has 3 saturated heterocycles. The first-order valence-corrected chi connectivity index (χ1v) is 11.6. The van der Waals surface area contributed by atoms with Crippen LogP contribution < -0.4 is 0 Å². The first-order chi connectivity index (χ1) is 14.6. The normalized spacial score (nSPS) is 24.8. The number of likely N-dealkylation sites (tertiary alicyclic amines) is 1. The Morgan fingerprint density at radius 2 is 1.93 bits per heavy atom. The minimum Gasteiger partial charge on any atom is -0.381 e. The van der Waals surface area contributed by atoms with Gasteiger partial charge in [0.2, 0.25) is 0 Å². The fraction of sp³-hybridized carbons (Fsp3) is 0.773. The maximum Gasteiger partial charge on any atom is 0.320 e. The van der Waals surface area contributed by atoms with E-state index in [2.05, 4.69) is 14.9 Å². The molecule has 0 unspecified atom stereocenters. The molecule has 3 amide bonds. The number of urea groups is 1. The van der Waals surface area contributed by atoms with Crippen LogP contribution in [0.1, 0.15) is 55.9 Å². The predicted octanol–water partition coefficient (Wildman–Crippen LogP) is 2.20. The maximum absolute atomic E-state index is 13.4. The summed E-state index contributed by atoms with van der Waals surface area (Å²) in [4.78, 5) is 32.7. The van der Waals surface area contributed by atoms with Crippen molar-refractivity contribution in [3.8, 4) is 0 Å². The van der Waals surface area contributed by atoms with E-state index in [9.17, 15) is 9.59 Å². The first-order valence-electron chi connectivity index (χ1n) is 11.6. The molecule has 0 bridgehead atoms. The lowest BCUT2D eigenvalue weighted by Gasteiger charge is -2.46. The summed E-state index contributed by atoms with van der Waals surface area (Å²) < 4.78 is 7.40. The minimum absolute atomic E-state index is 0.0525. The summed E-state index contributed by atoms with van der Waals surface area (Å²) in [5.74, 6) is 0.755. The molecule has 0 aromatic carbocycles. The monoisotopic (exact) mass is 415 g/mol. The molecule has 4 heterocycles. The topological polar surface area (TPSA) is 70.9 Å². The third-order valence-corrected chi connectivity index (χ3v) is 7.42. The van der Waals surface area contributed by atoms with Crippen LogP contribution in [0.5, 0.6) is 0 Å². The third kappa shape index (κ3) is 3.49. The lowest BCUT2D eigenvalue weighted by Crippen LogP contribution is -2.57. The van der Waals surface area contributed by atoms with E-state index in [-0.39, 0.29) is 23.5 Å². The van der Waals surface area contributed by atoms with Gasteiger partial charge in [-0.2, -0.15) is 5.10 Å². The molecule has 0 radical (unpaired) electrons. The molecule has 1 aromatic heterocycles. The third-order valence-electron chi connectivity index (χ3n) is 7.42. The highest BCUT2D eigenvalue weighted by Crippen LogP contribution is 2.41. The second-order valence-corrected chi connectivity index (χ2v) is 9.37. The second kappa shape index (κ2) is 7.87. The van der Waals surface area contributed by atoms with Crippen molar-refractivity contribution < 1.29 is 14.3 Å². The summed E-state index contributed by atoms with van der Waals surface area (Å²) in [6, 6.07) is 2.23. The molecule has 164 valence electrons. The number of carbonyl (C=O) groups is 2. The maximum atomic E-state index is 13.4. The lowest BCUT2D eigenvalue weighted by atomic mass is 9.86. The average molecular weight is 416 g/mol. The second-order valence-electron chi connectivity index (χ2n) is 9.37. The SMILES string of the molecule is CCn1nccc1C(=O)N1CCC(N2C(=O)N(CC3CC3)CC23CCOCC3)CC1. The molecule has 4 fully saturated rings. The quantitative estimate of drug-likeness (QED) is 0.739. The van der Waals surface area contributed by atoms with Gasteiger partial charge in [0.15, 0.2) is 0 Å². The summed E-state index contributed by atoms with van der Waals surface area (Å²) >= 11 is 0. The van der Waals surface area contributed by atoms with Crippen LogP contribution in [0.2, 0.25) is 0 Å². The molecule has 1 aliphatic carbocycles. The summed E-state index contributed by atoms with van der Waals surface area (Å²) in [6.45, 7) is 7.30. The van der Waals surface area contributed by atoms with Gasteiger partial charge in [-0.25, -0.2) is 4.79 Å². The van der Waals surface area contributed by atoms with E-state index in [0.29, 0.717) is 31.2 Å². The van der Waals surface area contributed by atoms with E-state index in [1.54, 1.807) is 16.9 Å². The van der Waals surface area contributed by atoms with E-state index < -0.39 is 0 Å². The molecule has 5 rings (SSSR count). The van der Waals surface area contributed by atoms with Gasteiger partial charge in [-0.05, 0) is 57.4 Å². The summed E-state index contributed by atoms with van der Waals surface area (Å²) in [5.41, 5.74) is 0.576. The number of carbonyl (C=O) groups excluding carboxylic acids is 2. The Bertz CT molecular complexity index is 790. The van der Waals surface area contributed by atoms with Crippen LogP contribution in [0.3, 0.4) is 0 Å². The molecular weight excluding hydrogens is 382 g/mol. The number of ether oxygens (including phenoxy) is 1. The van der Waals surface area contributed by atoms with Crippen molar-refractivity contribution in [2.24, 2.45) is 5.92 Å². The molecule has 0 N–H and O–H groups in total. The van der Waals surface area contributed by atoms with E-state index in [0.717, 1.165) is 52.0 Å². The molecular formula is C22H33N5O3. The van der Waals surface area contributed by atoms with Gasteiger partial charge >= 0.3 is 6.03 Å². The Labute approximate surface area is 178 Å². The van der Waals surface area contributed by atoms with Crippen molar-refractivity contribution >= 4 is 11.9 Å². The number of aromatic nitrogens is 2. The van der Waals surface area contributed by atoms with Gasteiger partial charge in [-0.15, -0.1) is 0 Å². The van der Waals surface area contributed by atoms with E-state index in [1.807, 2.05) is 11.8 Å². The molecule has 1 spiro atoms. The summed E-state index contributed by atoms with van der Waals surface area (Å²) in [7, 11) is 0. The van der Waals surface area contributed by atoms with Gasteiger partial charge in [0.25, 0.3) is 5.91 Å². The van der Waals surface area contributed by atoms with E-state index >= 15 is 0 Å². The number of rotatable bonds is 5. The molecule has 3 aliphatic heterocycles. The molecule has 30 heavy (non-hydrogen) atoms. The lowest BCUT2D eigenvalue weighted by molar-refractivity contribution is -0.0153. The number of amides is 3. The molecule has 4 aliphatic rings. The Morgan fingerprint density at radius 3 is 2.60 bits per heavy atom. The highest BCUT2D eigenvalue weighted by Gasteiger charge is 2.53. The smallest absolute Gasteiger partial charge is 0.320 e. The van der Waals surface area contributed by atoms with Crippen LogP contribution in [0, 0.1) is 5.92 Å². The molecule has 1 aromatic rings. The number of piperidine rings is 1. The Morgan fingerprint density at radius 1 is 1.20 bits per heavy atom. The standard InChI is InChI=1S/C22H33N5O3/c1-2-26-19(5-10-23-26)20(28)24-11-6-18(7-12-24)27-21(29)25(15-17-3-4-17)16-22(27)8-13-30-14-9-22/h5,10,17-18H,2-4,6-9,11-16H2,1H3. The summed E-state index contributed by atoms with van der Waals surface area (Å²) in [6.07, 6.45) is 7.75. The van der Waals surface area contributed by atoms with Gasteiger partial charge in [0.05, 0.1) is 5.54 Å². The fourth-order valence-electron chi connectivity index (χ4n) is 5.56. The predicted molar refractivity (Wildman–Crippen MR) is 111 cm³/mol. The zero-order chi connectivity index (χ0) is 20.7. The van der Waals surface area contributed by atoms with Crippen molar-refractivity contribution in [3.63, 3.8) is 0 Å². The van der Waals surface area contributed by atoms with E-state index in [4.69, 9.17) is 4.74 Å². The largest absolute Gasteiger partial charge is 0.381 e. The fourth-order valence-corrected chi connectivity index (χ4v) is 5.56. The highest BCUT2D eigenvalue weighted by molar-refractivity contribution is 5.92. The Hall–Kier alpha value is -2.09. The van der Waals surface area contributed by atoms with Gasteiger partial charge < -0.3 is 19.4 Å². The van der Waals surface area contributed by atoms with Crippen molar-refractivity contribution in [2.75, 3.05) is 39.4 Å². The Balaban J connectivity index is 1.28. The molecule has 0 atom stereocenters. The van der Waals surface area contributed by atoms with Crippen molar-refractivity contribution in [2.45, 2.75) is 63.6 Å². The van der Waals surface area contributed by atoms with Crippen LogP contribution in [0.25, 0.3) is 0 Å². The van der Waals surface area contributed by atoms with Crippen LogP contribution in [-0.4, -0.2) is 87.4 Å².